The minimum Gasteiger partial charge on any atom is -0.361 e. The number of carbonyl (C=O) groups excluding carboxylic acids is 1. The van der Waals surface area contributed by atoms with Gasteiger partial charge in [-0.25, -0.2) is 0 Å². The zero-order valence-corrected chi connectivity index (χ0v) is 17.3. The molecule has 0 aliphatic rings. The number of amides is 1. The van der Waals surface area contributed by atoms with Crippen molar-refractivity contribution in [2.75, 3.05) is 6.54 Å². The number of hydrogen-bond acceptors (Lipinski definition) is 2. The van der Waals surface area contributed by atoms with Gasteiger partial charge in [0.2, 0.25) is 5.91 Å². The highest BCUT2D eigenvalue weighted by molar-refractivity contribution is 5.88. The summed E-state index contributed by atoms with van der Waals surface area (Å²) < 4.78 is 0. The van der Waals surface area contributed by atoms with E-state index < -0.39 is 0 Å². The van der Waals surface area contributed by atoms with Crippen LogP contribution in [0.3, 0.4) is 0 Å². The molecule has 0 aliphatic heterocycles. The summed E-state index contributed by atoms with van der Waals surface area (Å²) in [6.07, 6.45) is 5.97. The molecule has 0 aliphatic carbocycles. The Morgan fingerprint density at radius 2 is 1.87 bits per heavy atom. The fourth-order valence-electron chi connectivity index (χ4n) is 4.05. The van der Waals surface area contributed by atoms with E-state index in [2.05, 4.69) is 58.7 Å². The van der Waals surface area contributed by atoms with Gasteiger partial charge in [-0.1, -0.05) is 61.5 Å². The summed E-state index contributed by atoms with van der Waals surface area (Å²) in [5, 5.41) is 4.27. The molecule has 152 valence electrons. The number of nitrogens with one attached hydrogen (secondary N) is 2. The number of aromatic nitrogens is 2. The highest BCUT2D eigenvalue weighted by atomic mass is 16.1. The molecule has 4 heteroatoms. The van der Waals surface area contributed by atoms with E-state index in [0.717, 1.165) is 24.1 Å². The molecule has 2 aromatic heterocycles. The molecule has 0 saturated carbocycles. The number of hydrogen-bond donors (Lipinski definition) is 2. The van der Waals surface area contributed by atoms with E-state index in [1.54, 1.807) is 6.20 Å². The molecular formula is C26H27N3O. The van der Waals surface area contributed by atoms with Gasteiger partial charge in [0.15, 0.2) is 0 Å². The van der Waals surface area contributed by atoms with Crippen molar-refractivity contribution in [1.29, 1.82) is 0 Å². The van der Waals surface area contributed by atoms with Gasteiger partial charge < -0.3 is 10.3 Å². The van der Waals surface area contributed by atoms with Gasteiger partial charge >= 0.3 is 0 Å². The normalized spacial score (nSPS) is 12.0. The van der Waals surface area contributed by atoms with Crippen LogP contribution < -0.4 is 5.32 Å². The van der Waals surface area contributed by atoms with Crippen LogP contribution in [0.5, 0.6) is 0 Å². The lowest BCUT2D eigenvalue weighted by molar-refractivity contribution is -0.121. The monoisotopic (exact) mass is 397 g/mol. The lowest BCUT2D eigenvalue weighted by atomic mass is 9.87. The van der Waals surface area contributed by atoms with Crippen LogP contribution >= 0.6 is 0 Å². The molecule has 2 N–H and O–H groups in total. The summed E-state index contributed by atoms with van der Waals surface area (Å²) in [6, 6.07) is 22.6. The van der Waals surface area contributed by atoms with Crippen LogP contribution in [-0.2, 0) is 17.6 Å². The van der Waals surface area contributed by atoms with Gasteiger partial charge in [-0.3, -0.25) is 9.78 Å². The first-order chi connectivity index (χ1) is 14.8. The molecule has 1 amide bonds. The highest BCUT2D eigenvalue weighted by Crippen LogP contribution is 2.34. The standard InChI is InChI=1S/C26H27N3O/c1-2-19-11-8-13-22-24(18-29-26(19)22)23(20-9-4-3-5-10-20)17-25(30)28-16-14-21-12-6-7-15-27-21/h3-13,15,18,23,29H,2,14,16-17H2,1H3,(H,28,30). The number of nitrogens with zero attached hydrogens (tertiary/aromatic N) is 1. The number of H-pyrrole nitrogens is 1. The number of para-hydroxylation sites is 1. The number of pyridine rings is 1. The number of carbonyl (C=O) groups is 1. The van der Waals surface area contributed by atoms with E-state index in [4.69, 9.17) is 0 Å². The Bertz CT molecular complexity index is 1100. The van der Waals surface area contributed by atoms with Gasteiger partial charge in [0.1, 0.15) is 0 Å². The molecule has 4 aromatic rings. The van der Waals surface area contributed by atoms with Crippen LogP contribution in [0.2, 0.25) is 0 Å². The van der Waals surface area contributed by atoms with Gasteiger partial charge in [0.05, 0.1) is 0 Å². The minimum atomic E-state index is 0.00177. The van der Waals surface area contributed by atoms with Crippen LogP contribution in [0.4, 0.5) is 0 Å². The molecule has 0 saturated heterocycles. The van der Waals surface area contributed by atoms with Gasteiger partial charge in [0.25, 0.3) is 0 Å². The molecular weight excluding hydrogens is 370 g/mol. The van der Waals surface area contributed by atoms with E-state index in [0.29, 0.717) is 13.0 Å². The summed E-state index contributed by atoms with van der Waals surface area (Å²) in [4.78, 5) is 20.6. The molecule has 0 radical (unpaired) electrons. The quantitative estimate of drug-likeness (QED) is 0.439. The van der Waals surface area contributed by atoms with E-state index in [-0.39, 0.29) is 11.8 Å². The van der Waals surface area contributed by atoms with Crippen molar-refractivity contribution in [3.8, 4) is 0 Å². The Labute approximate surface area is 177 Å². The predicted octanol–water partition coefficient (Wildman–Crippen LogP) is 5.01. The van der Waals surface area contributed by atoms with E-state index in [9.17, 15) is 4.79 Å². The highest BCUT2D eigenvalue weighted by Gasteiger charge is 2.21. The summed E-state index contributed by atoms with van der Waals surface area (Å²) >= 11 is 0. The summed E-state index contributed by atoms with van der Waals surface area (Å²) in [7, 11) is 0. The molecule has 1 atom stereocenters. The van der Waals surface area contributed by atoms with Crippen LogP contribution in [0.25, 0.3) is 10.9 Å². The molecule has 0 spiro atoms. The third kappa shape index (κ3) is 4.43. The molecule has 1 unspecified atom stereocenters. The van der Waals surface area contributed by atoms with Crippen LogP contribution in [0, 0.1) is 0 Å². The zero-order valence-electron chi connectivity index (χ0n) is 17.3. The van der Waals surface area contributed by atoms with Gasteiger partial charge in [0, 0.05) is 54.3 Å². The maximum Gasteiger partial charge on any atom is 0.220 e. The van der Waals surface area contributed by atoms with Crippen LogP contribution in [-0.4, -0.2) is 22.4 Å². The average molecular weight is 398 g/mol. The van der Waals surface area contributed by atoms with E-state index in [1.807, 2.05) is 36.4 Å². The van der Waals surface area contributed by atoms with Crippen molar-refractivity contribution >= 4 is 16.8 Å². The van der Waals surface area contributed by atoms with Crippen molar-refractivity contribution in [1.82, 2.24) is 15.3 Å². The van der Waals surface area contributed by atoms with Crippen LogP contribution in [0.1, 0.15) is 41.6 Å². The van der Waals surface area contributed by atoms with Crippen molar-refractivity contribution in [3.05, 3.63) is 102 Å². The molecule has 4 nitrogen and oxygen atoms in total. The Hall–Kier alpha value is -3.40. The third-order valence-corrected chi connectivity index (χ3v) is 5.61. The Morgan fingerprint density at radius 3 is 2.63 bits per heavy atom. The summed E-state index contributed by atoms with van der Waals surface area (Å²) in [6.45, 7) is 2.75. The topological polar surface area (TPSA) is 57.8 Å². The number of fused-ring (bicyclic) bond motifs is 1. The van der Waals surface area contributed by atoms with Gasteiger partial charge in [-0.15, -0.1) is 0 Å². The van der Waals surface area contributed by atoms with Gasteiger partial charge in [-0.2, -0.15) is 0 Å². The molecule has 2 aromatic carbocycles. The van der Waals surface area contributed by atoms with Gasteiger partial charge in [-0.05, 0) is 35.2 Å². The molecule has 30 heavy (non-hydrogen) atoms. The Balaban J connectivity index is 1.55. The molecule has 2 heterocycles. The number of aromatic amines is 1. The van der Waals surface area contributed by atoms with Crippen molar-refractivity contribution < 1.29 is 4.79 Å². The zero-order chi connectivity index (χ0) is 20.8. The maximum absolute atomic E-state index is 12.8. The smallest absolute Gasteiger partial charge is 0.220 e. The second kappa shape index (κ2) is 9.40. The average Bonchev–Trinajstić information content (AvgIpc) is 3.23. The van der Waals surface area contributed by atoms with Crippen molar-refractivity contribution in [3.63, 3.8) is 0 Å². The predicted molar refractivity (Wildman–Crippen MR) is 122 cm³/mol. The SMILES string of the molecule is CCc1cccc2c(C(CC(=O)NCCc3ccccn3)c3ccccc3)c[nH]c12. The first-order valence-electron chi connectivity index (χ1n) is 10.6. The Morgan fingerprint density at radius 1 is 1.03 bits per heavy atom. The Kier molecular flexibility index (Phi) is 6.23. The molecule has 0 bridgehead atoms. The lowest BCUT2D eigenvalue weighted by Gasteiger charge is -2.17. The fourth-order valence-corrected chi connectivity index (χ4v) is 4.05. The first kappa shape index (κ1) is 19.9. The van der Waals surface area contributed by atoms with Crippen molar-refractivity contribution in [2.45, 2.75) is 32.1 Å². The second-order valence-corrected chi connectivity index (χ2v) is 7.53. The number of benzene rings is 2. The lowest BCUT2D eigenvalue weighted by Crippen LogP contribution is -2.27. The largest absolute Gasteiger partial charge is 0.361 e. The fraction of sp³-hybridized carbons (Fsp3) is 0.231. The number of rotatable bonds is 8. The van der Waals surface area contributed by atoms with E-state index in [1.165, 1.54) is 22.0 Å². The summed E-state index contributed by atoms with van der Waals surface area (Å²) in [5.41, 5.74) is 5.78. The summed E-state index contributed by atoms with van der Waals surface area (Å²) in [5.74, 6) is 0.0580. The third-order valence-electron chi connectivity index (χ3n) is 5.61. The minimum absolute atomic E-state index is 0.00177. The maximum atomic E-state index is 12.8. The first-order valence-corrected chi connectivity index (χ1v) is 10.6. The molecule has 0 fully saturated rings. The second-order valence-electron chi connectivity index (χ2n) is 7.53. The van der Waals surface area contributed by atoms with Crippen LogP contribution in [0.15, 0.2) is 79.1 Å². The molecule has 4 rings (SSSR count). The van der Waals surface area contributed by atoms with E-state index >= 15 is 0 Å². The van der Waals surface area contributed by atoms with Crippen molar-refractivity contribution in [2.24, 2.45) is 0 Å². The number of aryl methyl sites for hydroxylation is 1.